The lowest BCUT2D eigenvalue weighted by Gasteiger charge is -2.18. The van der Waals surface area contributed by atoms with Crippen LogP contribution in [0, 0.1) is 0 Å². The Kier molecular flexibility index (Phi) is 5.37. The van der Waals surface area contributed by atoms with Gasteiger partial charge < -0.3 is 4.90 Å². The van der Waals surface area contributed by atoms with E-state index in [1.807, 2.05) is 0 Å². The van der Waals surface area contributed by atoms with Gasteiger partial charge in [0.15, 0.2) is 0 Å². The van der Waals surface area contributed by atoms with Crippen LogP contribution in [-0.4, -0.2) is 32.8 Å². The Morgan fingerprint density at radius 2 is 1.79 bits per heavy atom. The van der Waals surface area contributed by atoms with E-state index < -0.39 is 19.9 Å². The van der Waals surface area contributed by atoms with Crippen molar-refractivity contribution in [2.24, 2.45) is 0 Å². The van der Waals surface area contributed by atoms with Gasteiger partial charge in [-0.15, -0.1) is 0 Å². The molecule has 4 nitrogen and oxygen atoms in total. The smallest absolute Gasteiger partial charge is 0.262 e. The Morgan fingerprint density at radius 1 is 1.26 bits per heavy atom. The average Bonchev–Trinajstić information content (AvgIpc) is 2.31. The Bertz CT molecular complexity index is 630. The second kappa shape index (κ2) is 6.06. The molecule has 0 atom stereocenters. The number of benzene rings is 1. The van der Waals surface area contributed by atoms with Crippen LogP contribution in [0.25, 0.3) is 0 Å². The molecular formula is C10H9Cl4NO3S. The fourth-order valence-corrected chi connectivity index (χ4v) is 3.42. The van der Waals surface area contributed by atoms with Crippen LogP contribution in [0.3, 0.4) is 0 Å². The van der Waals surface area contributed by atoms with Crippen molar-refractivity contribution in [3.63, 3.8) is 0 Å². The van der Waals surface area contributed by atoms with Crippen molar-refractivity contribution in [2.45, 2.75) is 11.8 Å². The summed E-state index contributed by atoms with van der Waals surface area (Å²) in [5.41, 5.74) is -0.181. The molecule has 0 aliphatic rings. The fraction of sp³-hybridized carbons (Fsp3) is 0.300. The molecule has 0 spiro atoms. The van der Waals surface area contributed by atoms with Gasteiger partial charge in [0.1, 0.15) is 4.90 Å². The first kappa shape index (κ1) is 16.9. The highest BCUT2D eigenvalue weighted by atomic mass is 35.7. The lowest BCUT2D eigenvalue weighted by atomic mass is 10.2. The van der Waals surface area contributed by atoms with Gasteiger partial charge in [-0.25, -0.2) is 8.42 Å². The van der Waals surface area contributed by atoms with Gasteiger partial charge in [-0.1, -0.05) is 34.8 Å². The lowest BCUT2D eigenvalue weighted by molar-refractivity contribution is 0.0802. The van der Waals surface area contributed by atoms with Crippen molar-refractivity contribution in [2.75, 3.05) is 13.6 Å². The maximum atomic E-state index is 12.1. The maximum Gasteiger partial charge on any atom is 0.262 e. The molecule has 1 rings (SSSR count). The van der Waals surface area contributed by atoms with Gasteiger partial charge in [0, 0.05) is 24.3 Å². The third-order valence-electron chi connectivity index (χ3n) is 2.42. The van der Waals surface area contributed by atoms with Crippen LogP contribution in [0.15, 0.2) is 11.0 Å². The normalized spacial score (nSPS) is 11.5. The van der Waals surface area contributed by atoms with Gasteiger partial charge in [-0.05, 0) is 13.0 Å². The number of hydrogen-bond acceptors (Lipinski definition) is 3. The van der Waals surface area contributed by atoms with E-state index in [0.29, 0.717) is 6.54 Å². The minimum Gasteiger partial charge on any atom is -0.342 e. The summed E-state index contributed by atoms with van der Waals surface area (Å²) in [6.07, 6.45) is 0. The average molecular weight is 365 g/mol. The Balaban J connectivity index is 3.65. The zero-order chi connectivity index (χ0) is 15.0. The molecule has 19 heavy (non-hydrogen) atoms. The predicted octanol–water partition coefficient (Wildman–Crippen LogP) is 3.67. The molecule has 0 aliphatic heterocycles. The largest absolute Gasteiger partial charge is 0.342 e. The first-order valence-electron chi connectivity index (χ1n) is 4.98. The van der Waals surface area contributed by atoms with Gasteiger partial charge in [-0.2, -0.15) is 0 Å². The standard InChI is InChI=1S/C10H9Cl4NO3S/c1-3-15(2)10(16)7-8(12)5(11)4-6(9(7)13)19(14,17)18/h4H,3H2,1-2H3. The molecular weight excluding hydrogens is 356 g/mol. The molecule has 0 fully saturated rings. The number of nitrogens with zero attached hydrogens (tertiary/aromatic N) is 1. The number of carbonyl (C=O) groups is 1. The highest BCUT2D eigenvalue weighted by Crippen LogP contribution is 2.38. The van der Waals surface area contributed by atoms with Gasteiger partial charge in [0.25, 0.3) is 15.0 Å². The zero-order valence-electron chi connectivity index (χ0n) is 9.88. The third kappa shape index (κ3) is 3.47. The summed E-state index contributed by atoms with van der Waals surface area (Å²) in [7, 11) is 2.62. The first-order chi connectivity index (χ1) is 8.61. The molecule has 9 heteroatoms. The van der Waals surface area contributed by atoms with Crippen molar-refractivity contribution >= 4 is 60.4 Å². The van der Waals surface area contributed by atoms with Crippen molar-refractivity contribution in [1.29, 1.82) is 0 Å². The number of amides is 1. The SMILES string of the molecule is CCN(C)C(=O)c1c(Cl)c(Cl)cc(S(=O)(=O)Cl)c1Cl. The van der Waals surface area contributed by atoms with Crippen molar-refractivity contribution in [1.82, 2.24) is 4.90 Å². The van der Waals surface area contributed by atoms with Crippen molar-refractivity contribution < 1.29 is 13.2 Å². The molecule has 1 aromatic rings. The molecule has 0 N–H and O–H groups in total. The van der Waals surface area contributed by atoms with Crippen LogP contribution in [0.2, 0.25) is 15.1 Å². The highest BCUT2D eigenvalue weighted by Gasteiger charge is 2.27. The molecule has 0 radical (unpaired) electrons. The molecule has 1 aromatic carbocycles. The van der Waals surface area contributed by atoms with Crippen LogP contribution in [0.5, 0.6) is 0 Å². The summed E-state index contributed by atoms with van der Waals surface area (Å²) in [5, 5.41) is -0.561. The molecule has 106 valence electrons. The second-order valence-electron chi connectivity index (χ2n) is 3.62. The molecule has 0 aromatic heterocycles. The van der Waals surface area contributed by atoms with Crippen LogP contribution in [0.1, 0.15) is 17.3 Å². The van der Waals surface area contributed by atoms with Crippen LogP contribution >= 0.6 is 45.5 Å². The highest BCUT2D eigenvalue weighted by molar-refractivity contribution is 8.13. The Hall–Kier alpha value is -0.200. The summed E-state index contributed by atoms with van der Waals surface area (Å²) in [5.74, 6) is -0.540. The lowest BCUT2D eigenvalue weighted by Crippen LogP contribution is -2.27. The number of rotatable bonds is 3. The Labute approximate surface area is 130 Å². The molecule has 0 heterocycles. The van der Waals surface area contributed by atoms with E-state index in [2.05, 4.69) is 0 Å². The topological polar surface area (TPSA) is 54.5 Å². The molecule has 0 aliphatic carbocycles. The van der Waals surface area contributed by atoms with E-state index in [4.69, 9.17) is 45.5 Å². The maximum absolute atomic E-state index is 12.1. The predicted molar refractivity (Wildman–Crippen MR) is 77.1 cm³/mol. The summed E-state index contributed by atoms with van der Waals surface area (Å²) in [4.78, 5) is 13.0. The van der Waals surface area contributed by atoms with E-state index >= 15 is 0 Å². The van der Waals surface area contributed by atoms with E-state index in [1.54, 1.807) is 6.92 Å². The minimum absolute atomic E-state index is 0.110. The molecule has 0 unspecified atom stereocenters. The zero-order valence-corrected chi connectivity index (χ0v) is 13.7. The third-order valence-corrected chi connectivity index (χ3v) is 5.06. The molecule has 0 bridgehead atoms. The van der Waals surface area contributed by atoms with Gasteiger partial charge >= 0.3 is 0 Å². The molecule has 0 saturated heterocycles. The number of carbonyl (C=O) groups excluding carboxylic acids is 1. The van der Waals surface area contributed by atoms with Crippen molar-refractivity contribution in [3.05, 3.63) is 26.7 Å². The van der Waals surface area contributed by atoms with Gasteiger partial charge in [0.2, 0.25) is 0 Å². The number of halogens is 4. The summed E-state index contributed by atoms with van der Waals surface area (Å²) >= 11 is 17.6. The van der Waals surface area contributed by atoms with Gasteiger partial charge in [0.05, 0.1) is 20.6 Å². The van der Waals surface area contributed by atoms with E-state index in [0.717, 1.165) is 6.07 Å². The van der Waals surface area contributed by atoms with E-state index in [1.165, 1.54) is 11.9 Å². The minimum atomic E-state index is -4.13. The van der Waals surface area contributed by atoms with Crippen LogP contribution < -0.4 is 0 Å². The summed E-state index contributed by atoms with van der Waals surface area (Å²) < 4.78 is 22.8. The van der Waals surface area contributed by atoms with Gasteiger partial charge in [-0.3, -0.25) is 4.79 Å². The monoisotopic (exact) mass is 363 g/mol. The summed E-state index contributed by atoms with van der Waals surface area (Å²) in [6, 6.07) is 1.01. The van der Waals surface area contributed by atoms with Crippen molar-refractivity contribution in [3.8, 4) is 0 Å². The second-order valence-corrected chi connectivity index (χ2v) is 7.31. The van der Waals surface area contributed by atoms with E-state index in [9.17, 15) is 13.2 Å². The first-order valence-corrected chi connectivity index (χ1v) is 8.43. The number of hydrogen-bond donors (Lipinski definition) is 0. The van der Waals surface area contributed by atoms with E-state index in [-0.39, 0.29) is 20.6 Å². The molecule has 1 amide bonds. The quantitative estimate of drug-likeness (QED) is 0.607. The molecule has 0 saturated carbocycles. The summed E-state index contributed by atoms with van der Waals surface area (Å²) in [6.45, 7) is 2.13. The van der Waals surface area contributed by atoms with Crippen LogP contribution in [0.4, 0.5) is 0 Å². The Morgan fingerprint density at radius 3 is 2.21 bits per heavy atom. The fourth-order valence-electron chi connectivity index (χ4n) is 1.28. The van der Waals surface area contributed by atoms with Crippen LogP contribution in [-0.2, 0) is 9.05 Å².